The van der Waals surface area contributed by atoms with E-state index in [4.69, 9.17) is 4.74 Å². The highest BCUT2D eigenvalue weighted by atomic mass is 16.5. The van der Waals surface area contributed by atoms with Crippen molar-refractivity contribution in [2.75, 3.05) is 6.61 Å². The molecule has 0 heterocycles. The van der Waals surface area contributed by atoms with Crippen LogP contribution in [0.25, 0.3) is 0 Å². The summed E-state index contributed by atoms with van der Waals surface area (Å²) in [7, 11) is 0. The van der Waals surface area contributed by atoms with Gasteiger partial charge in [0.05, 0.1) is 6.10 Å². The van der Waals surface area contributed by atoms with Crippen LogP contribution in [0, 0.1) is 0 Å². The molecule has 1 aromatic carbocycles. The van der Waals surface area contributed by atoms with Crippen LogP contribution in [0.1, 0.15) is 76.9 Å². The van der Waals surface area contributed by atoms with E-state index in [1.54, 1.807) is 0 Å². The molecule has 1 unspecified atom stereocenters. The average molecular weight is 262 g/mol. The lowest BCUT2D eigenvalue weighted by molar-refractivity contribution is 0.0434. The monoisotopic (exact) mass is 262 g/mol. The lowest BCUT2D eigenvalue weighted by Gasteiger charge is -2.17. The van der Waals surface area contributed by atoms with Crippen molar-refractivity contribution >= 4 is 0 Å². The molecular formula is C18H30O. The molecule has 0 amide bonds. The molecule has 0 aliphatic heterocycles. The van der Waals surface area contributed by atoms with Gasteiger partial charge in [0.1, 0.15) is 0 Å². The van der Waals surface area contributed by atoms with Crippen LogP contribution >= 0.6 is 0 Å². The van der Waals surface area contributed by atoms with Gasteiger partial charge >= 0.3 is 0 Å². The summed E-state index contributed by atoms with van der Waals surface area (Å²) in [4.78, 5) is 0. The molecule has 0 saturated carbocycles. The molecule has 1 rings (SSSR count). The van der Waals surface area contributed by atoms with Crippen LogP contribution in [0.15, 0.2) is 30.3 Å². The molecule has 19 heavy (non-hydrogen) atoms. The Morgan fingerprint density at radius 1 is 0.842 bits per heavy atom. The van der Waals surface area contributed by atoms with Crippen molar-refractivity contribution in [2.45, 2.75) is 71.3 Å². The van der Waals surface area contributed by atoms with Gasteiger partial charge in [0, 0.05) is 6.61 Å². The summed E-state index contributed by atoms with van der Waals surface area (Å²) in [5.41, 5.74) is 1.33. The summed E-state index contributed by atoms with van der Waals surface area (Å²) >= 11 is 0. The second kappa shape index (κ2) is 11.0. The zero-order valence-electron chi connectivity index (χ0n) is 12.7. The molecule has 0 radical (unpaired) electrons. The molecule has 1 aromatic rings. The number of ether oxygens (including phenoxy) is 1. The third-order valence-electron chi connectivity index (χ3n) is 3.54. The van der Waals surface area contributed by atoms with Crippen molar-refractivity contribution in [3.05, 3.63) is 35.9 Å². The largest absolute Gasteiger partial charge is 0.374 e. The smallest absolute Gasteiger partial charge is 0.0824 e. The Hall–Kier alpha value is -0.820. The minimum Gasteiger partial charge on any atom is -0.374 e. The van der Waals surface area contributed by atoms with Crippen molar-refractivity contribution in [3.63, 3.8) is 0 Å². The topological polar surface area (TPSA) is 9.23 Å². The fraction of sp³-hybridized carbons (Fsp3) is 0.667. The van der Waals surface area contributed by atoms with E-state index in [-0.39, 0.29) is 0 Å². The molecule has 0 spiro atoms. The Balaban J connectivity index is 2.20. The van der Waals surface area contributed by atoms with Gasteiger partial charge in [-0.25, -0.2) is 0 Å². The second-order valence-electron chi connectivity index (χ2n) is 5.33. The van der Waals surface area contributed by atoms with Crippen molar-refractivity contribution in [1.29, 1.82) is 0 Å². The Bertz CT molecular complexity index is 294. The van der Waals surface area contributed by atoms with Gasteiger partial charge in [0.15, 0.2) is 0 Å². The third-order valence-corrected chi connectivity index (χ3v) is 3.54. The van der Waals surface area contributed by atoms with E-state index in [2.05, 4.69) is 44.2 Å². The van der Waals surface area contributed by atoms with Gasteiger partial charge in [0.2, 0.25) is 0 Å². The first kappa shape index (κ1) is 16.2. The standard InChI is InChI=1S/C18H30O/c1-3-5-6-7-8-12-16-19-18(13-4-2)17-14-10-9-11-15-17/h9-11,14-15,18H,3-8,12-13,16H2,1-2H3. The van der Waals surface area contributed by atoms with E-state index in [9.17, 15) is 0 Å². The van der Waals surface area contributed by atoms with Gasteiger partial charge in [-0.2, -0.15) is 0 Å². The zero-order valence-corrected chi connectivity index (χ0v) is 12.7. The van der Waals surface area contributed by atoms with E-state index in [1.807, 2.05) is 0 Å². The van der Waals surface area contributed by atoms with Crippen LogP contribution < -0.4 is 0 Å². The molecule has 1 heteroatoms. The molecule has 0 aliphatic carbocycles. The highest BCUT2D eigenvalue weighted by molar-refractivity contribution is 5.17. The first-order valence-corrected chi connectivity index (χ1v) is 8.05. The Labute approximate surface area is 119 Å². The average Bonchev–Trinajstić information content (AvgIpc) is 2.46. The third kappa shape index (κ3) is 7.37. The fourth-order valence-electron chi connectivity index (χ4n) is 2.38. The quantitative estimate of drug-likeness (QED) is 0.451. The summed E-state index contributed by atoms with van der Waals surface area (Å²) < 4.78 is 6.08. The summed E-state index contributed by atoms with van der Waals surface area (Å²) in [6.07, 6.45) is 10.6. The van der Waals surface area contributed by atoms with E-state index in [1.165, 1.54) is 50.5 Å². The molecule has 0 saturated heterocycles. The highest BCUT2D eigenvalue weighted by Gasteiger charge is 2.09. The molecule has 1 nitrogen and oxygen atoms in total. The number of benzene rings is 1. The highest BCUT2D eigenvalue weighted by Crippen LogP contribution is 2.22. The molecule has 0 aliphatic rings. The van der Waals surface area contributed by atoms with E-state index in [0.717, 1.165) is 13.0 Å². The van der Waals surface area contributed by atoms with Gasteiger partial charge in [-0.3, -0.25) is 0 Å². The predicted molar refractivity (Wildman–Crippen MR) is 83.4 cm³/mol. The number of unbranched alkanes of at least 4 members (excludes halogenated alkanes) is 5. The van der Waals surface area contributed by atoms with Gasteiger partial charge < -0.3 is 4.74 Å². The first-order chi connectivity index (χ1) is 9.38. The minimum absolute atomic E-state index is 0.293. The lowest BCUT2D eigenvalue weighted by Crippen LogP contribution is -2.05. The van der Waals surface area contributed by atoms with Crippen molar-refractivity contribution in [2.24, 2.45) is 0 Å². The molecule has 0 fully saturated rings. The molecule has 108 valence electrons. The van der Waals surface area contributed by atoms with Crippen molar-refractivity contribution in [3.8, 4) is 0 Å². The summed E-state index contributed by atoms with van der Waals surface area (Å²) in [6, 6.07) is 10.6. The Kier molecular flexibility index (Phi) is 9.44. The number of hydrogen-bond donors (Lipinski definition) is 0. The van der Waals surface area contributed by atoms with E-state index < -0.39 is 0 Å². The minimum atomic E-state index is 0.293. The van der Waals surface area contributed by atoms with Crippen LogP contribution in [0.3, 0.4) is 0 Å². The van der Waals surface area contributed by atoms with Crippen LogP contribution in [0.5, 0.6) is 0 Å². The fourth-order valence-corrected chi connectivity index (χ4v) is 2.38. The van der Waals surface area contributed by atoms with Crippen LogP contribution in [-0.4, -0.2) is 6.61 Å². The first-order valence-electron chi connectivity index (χ1n) is 8.05. The zero-order chi connectivity index (χ0) is 13.8. The predicted octanol–water partition coefficient (Wildman–Crippen LogP) is 5.90. The molecule has 0 N–H and O–H groups in total. The summed E-state index contributed by atoms with van der Waals surface area (Å²) in [6.45, 7) is 5.40. The SMILES string of the molecule is CCCCCCCCOC(CCC)c1ccccc1. The Morgan fingerprint density at radius 2 is 1.53 bits per heavy atom. The van der Waals surface area contributed by atoms with E-state index in [0.29, 0.717) is 6.10 Å². The molecule has 0 aromatic heterocycles. The van der Waals surface area contributed by atoms with Crippen molar-refractivity contribution in [1.82, 2.24) is 0 Å². The van der Waals surface area contributed by atoms with Crippen molar-refractivity contribution < 1.29 is 4.74 Å². The lowest BCUT2D eigenvalue weighted by atomic mass is 10.1. The van der Waals surface area contributed by atoms with Crippen LogP contribution in [0.2, 0.25) is 0 Å². The van der Waals surface area contributed by atoms with Gasteiger partial charge in [0.25, 0.3) is 0 Å². The van der Waals surface area contributed by atoms with Gasteiger partial charge in [-0.05, 0) is 18.4 Å². The maximum absolute atomic E-state index is 6.08. The van der Waals surface area contributed by atoms with Crippen LogP contribution in [0.4, 0.5) is 0 Å². The van der Waals surface area contributed by atoms with Gasteiger partial charge in [-0.15, -0.1) is 0 Å². The molecule has 0 bridgehead atoms. The maximum atomic E-state index is 6.08. The normalized spacial score (nSPS) is 12.5. The summed E-state index contributed by atoms with van der Waals surface area (Å²) in [5.74, 6) is 0. The van der Waals surface area contributed by atoms with Gasteiger partial charge in [-0.1, -0.05) is 82.7 Å². The summed E-state index contributed by atoms with van der Waals surface area (Å²) in [5, 5.41) is 0. The van der Waals surface area contributed by atoms with Crippen LogP contribution in [-0.2, 0) is 4.74 Å². The number of hydrogen-bond acceptors (Lipinski definition) is 1. The second-order valence-corrected chi connectivity index (χ2v) is 5.33. The maximum Gasteiger partial charge on any atom is 0.0824 e. The molecule has 1 atom stereocenters. The van der Waals surface area contributed by atoms with E-state index >= 15 is 0 Å². The Morgan fingerprint density at radius 3 is 2.21 bits per heavy atom. The molecular weight excluding hydrogens is 232 g/mol. The number of rotatable bonds is 11.